The summed E-state index contributed by atoms with van der Waals surface area (Å²) in [5.74, 6) is -0.786. The summed E-state index contributed by atoms with van der Waals surface area (Å²) in [6.07, 6.45) is 7.76. The van der Waals surface area contributed by atoms with Gasteiger partial charge in [-0.1, -0.05) is 19.1 Å². The van der Waals surface area contributed by atoms with Crippen LogP contribution in [0.15, 0.2) is 36.4 Å². The lowest BCUT2D eigenvalue weighted by atomic mass is 9.85. The Bertz CT molecular complexity index is 1280. The van der Waals surface area contributed by atoms with Gasteiger partial charge in [0.1, 0.15) is 5.00 Å². The van der Waals surface area contributed by atoms with Crippen molar-refractivity contribution in [1.29, 1.82) is 0 Å². The van der Waals surface area contributed by atoms with Gasteiger partial charge in [0.15, 0.2) is 0 Å². The highest BCUT2D eigenvalue weighted by Crippen LogP contribution is 2.53. The summed E-state index contributed by atoms with van der Waals surface area (Å²) >= 11 is 1.44. The summed E-state index contributed by atoms with van der Waals surface area (Å²) in [7, 11) is 0. The highest BCUT2D eigenvalue weighted by Gasteiger charge is 2.59. The molecular weight excluding hydrogens is 476 g/mol. The Balaban J connectivity index is 1.22. The van der Waals surface area contributed by atoms with Crippen LogP contribution in [0.4, 0.5) is 10.7 Å². The third-order valence-electron chi connectivity index (χ3n) is 8.07. The highest BCUT2D eigenvalue weighted by molar-refractivity contribution is 7.17. The van der Waals surface area contributed by atoms with Gasteiger partial charge in [-0.15, -0.1) is 11.3 Å². The maximum atomic E-state index is 13.1. The molecule has 1 saturated carbocycles. The van der Waals surface area contributed by atoms with Crippen LogP contribution in [0.1, 0.15) is 57.8 Å². The molecule has 186 valence electrons. The molecule has 1 aliphatic heterocycles. The van der Waals surface area contributed by atoms with Crippen LogP contribution < -0.4 is 10.2 Å². The lowest BCUT2D eigenvalue weighted by Crippen LogP contribution is -2.32. The first-order valence-electron chi connectivity index (χ1n) is 12.7. The summed E-state index contributed by atoms with van der Waals surface area (Å²) in [4.78, 5) is 54.5. The Morgan fingerprint density at radius 3 is 2.39 bits per heavy atom. The molecule has 2 fully saturated rings. The van der Waals surface area contributed by atoms with Crippen LogP contribution >= 0.6 is 11.3 Å². The SMILES string of the molecule is CCOC(=O)c1c(NC(=O)c2ccc(N3C(=O)[C@@H]4[C@H](C3=O)[C@H]3C=C[C@H]4C3)cc2)sc2c1C[C@@H](C)CC2. The van der Waals surface area contributed by atoms with E-state index in [2.05, 4.69) is 24.4 Å². The van der Waals surface area contributed by atoms with Crippen LogP contribution in [0.25, 0.3) is 0 Å². The number of ether oxygens (including phenoxy) is 1. The number of anilines is 2. The van der Waals surface area contributed by atoms with E-state index in [0.717, 1.165) is 36.1 Å². The third-order valence-corrected chi connectivity index (χ3v) is 9.28. The Labute approximate surface area is 213 Å². The average molecular weight is 505 g/mol. The smallest absolute Gasteiger partial charge is 0.341 e. The molecule has 4 aliphatic rings. The van der Waals surface area contributed by atoms with Gasteiger partial charge >= 0.3 is 5.97 Å². The molecule has 3 aliphatic carbocycles. The van der Waals surface area contributed by atoms with E-state index in [1.165, 1.54) is 16.2 Å². The molecule has 1 aromatic heterocycles. The number of carbonyl (C=O) groups is 4. The number of allylic oxidation sites excluding steroid dienone is 2. The molecule has 1 saturated heterocycles. The average Bonchev–Trinajstić information content (AvgIpc) is 3.61. The van der Waals surface area contributed by atoms with E-state index >= 15 is 0 Å². The lowest BCUT2D eigenvalue weighted by Gasteiger charge is -2.18. The van der Waals surface area contributed by atoms with Crippen LogP contribution in [-0.4, -0.2) is 30.3 Å². The number of carbonyl (C=O) groups excluding carboxylic acids is 4. The van der Waals surface area contributed by atoms with Crippen molar-refractivity contribution in [3.8, 4) is 0 Å². The number of hydrogen-bond acceptors (Lipinski definition) is 6. The minimum Gasteiger partial charge on any atom is -0.462 e. The molecule has 0 unspecified atom stereocenters. The largest absolute Gasteiger partial charge is 0.462 e. The van der Waals surface area contributed by atoms with E-state index in [9.17, 15) is 19.2 Å². The number of benzene rings is 1. The lowest BCUT2D eigenvalue weighted by molar-refractivity contribution is -0.123. The van der Waals surface area contributed by atoms with Gasteiger partial charge in [-0.25, -0.2) is 4.79 Å². The Kier molecular flexibility index (Phi) is 5.59. The minimum absolute atomic E-state index is 0.142. The number of nitrogens with one attached hydrogen (secondary N) is 1. The second-order valence-electron chi connectivity index (χ2n) is 10.3. The predicted molar refractivity (Wildman–Crippen MR) is 136 cm³/mol. The van der Waals surface area contributed by atoms with Crippen LogP contribution in [0.2, 0.25) is 0 Å². The molecule has 0 spiro atoms. The summed E-state index contributed by atoms with van der Waals surface area (Å²) in [5.41, 5.74) is 2.33. The van der Waals surface area contributed by atoms with Crippen molar-refractivity contribution in [2.24, 2.45) is 29.6 Å². The summed E-state index contributed by atoms with van der Waals surface area (Å²) < 4.78 is 5.30. The first-order valence-corrected chi connectivity index (χ1v) is 13.5. The Morgan fingerprint density at radius 1 is 1.08 bits per heavy atom. The van der Waals surface area contributed by atoms with Gasteiger partial charge in [-0.05, 0) is 80.2 Å². The fourth-order valence-electron chi connectivity index (χ4n) is 6.36. The highest BCUT2D eigenvalue weighted by atomic mass is 32.1. The fraction of sp³-hybridized carbons (Fsp3) is 0.429. The van der Waals surface area contributed by atoms with Crippen LogP contribution in [0, 0.1) is 29.6 Å². The van der Waals surface area contributed by atoms with Crippen LogP contribution in [0.5, 0.6) is 0 Å². The van der Waals surface area contributed by atoms with Gasteiger partial charge < -0.3 is 10.1 Å². The molecule has 36 heavy (non-hydrogen) atoms. The van der Waals surface area contributed by atoms with Crippen molar-refractivity contribution in [3.63, 3.8) is 0 Å². The van der Waals surface area contributed by atoms with E-state index in [1.807, 2.05) is 0 Å². The normalized spacial score (nSPS) is 27.8. The third kappa shape index (κ3) is 3.53. The molecule has 1 N–H and O–H groups in total. The number of nitrogens with zero attached hydrogens (tertiary/aromatic N) is 1. The zero-order valence-corrected chi connectivity index (χ0v) is 21.1. The summed E-state index contributed by atoms with van der Waals surface area (Å²) in [5, 5.41) is 3.44. The van der Waals surface area contributed by atoms with E-state index in [4.69, 9.17) is 4.74 Å². The maximum Gasteiger partial charge on any atom is 0.341 e. The molecule has 8 heteroatoms. The zero-order valence-electron chi connectivity index (χ0n) is 20.3. The molecule has 7 nitrogen and oxygen atoms in total. The van der Waals surface area contributed by atoms with Crippen molar-refractivity contribution in [2.75, 3.05) is 16.8 Å². The Hall–Kier alpha value is -3.26. The molecule has 3 amide bonds. The second kappa shape index (κ2) is 8.69. The number of thiophene rings is 1. The topological polar surface area (TPSA) is 92.8 Å². The number of imide groups is 1. The first kappa shape index (κ1) is 23.2. The van der Waals surface area contributed by atoms with Crippen molar-refractivity contribution in [2.45, 2.75) is 39.5 Å². The molecule has 2 bridgehead atoms. The van der Waals surface area contributed by atoms with Gasteiger partial charge in [0, 0.05) is 10.4 Å². The van der Waals surface area contributed by atoms with Crippen LogP contribution in [-0.2, 0) is 27.2 Å². The minimum atomic E-state index is -0.408. The van der Waals surface area contributed by atoms with Gasteiger partial charge in [0.2, 0.25) is 11.8 Å². The number of aryl methyl sites for hydroxylation is 1. The van der Waals surface area contributed by atoms with Gasteiger partial charge in [0.05, 0.1) is 29.7 Å². The van der Waals surface area contributed by atoms with Crippen LogP contribution in [0.3, 0.4) is 0 Å². The number of amides is 3. The van der Waals surface area contributed by atoms with Gasteiger partial charge in [-0.3, -0.25) is 19.3 Å². The molecule has 5 atom stereocenters. The molecule has 1 aromatic carbocycles. The van der Waals surface area contributed by atoms with Crippen molar-refractivity contribution in [3.05, 3.63) is 58.0 Å². The first-order chi connectivity index (χ1) is 17.4. The number of hydrogen-bond donors (Lipinski definition) is 1. The Morgan fingerprint density at radius 2 is 1.75 bits per heavy atom. The monoisotopic (exact) mass is 504 g/mol. The summed E-state index contributed by atoms with van der Waals surface area (Å²) in [6, 6.07) is 6.53. The zero-order chi connectivity index (χ0) is 25.1. The van der Waals surface area contributed by atoms with E-state index in [1.54, 1.807) is 31.2 Å². The number of rotatable bonds is 5. The number of fused-ring (bicyclic) bond motifs is 6. The second-order valence-corrected chi connectivity index (χ2v) is 11.4. The van der Waals surface area contributed by atoms with Gasteiger partial charge in [0.25, 0.3) is 5.91 Å². The molecule has 2 aromatic rings. The van der Waals surface area contributed by atoms with E-state index in [-0.39, 0.29) is 48.0 Å². The van der Waals surface area contributed by atoms with Gasteiger partial charge in [-0.2, -0.15) is 0 Å². The predicted octanol–water partition coefficient (Wildman–Crippen LogP) is 4.61. The van der Waals surface area contributed by atoms with Crippen molar-refractivity contribution >= 4 is 45.7 Å². The quantitative estimate of drug-likeness (QED) is 0.365. The molecule has 2 heterocycles. The molecule has 6 rings (SSSR count). The van der Waals surface area contributed by atoms with E-state index < -0.39 is 5.97 Å². The van der Waals surface area contributed by atoms with Crippen molar-refractivity contribution in [1.82, 2.24) is 0 Å². The van der Waals surface area contributed by atoms with Crippen molar-refractivity contribution < 1.29 is 23.9 Å². The molecular formula is C28H28N2O5S. The molecule has 0 radical (unpaired) electrons. The maximum absolute atomic E-state index is 13.1. The van der Waals surface area contributed by atoms with E-state index in [0.29, 0.717) is 27.7 Å². The standard InChI is InChI=1S/C28H28N2O5S/c1-3-35-28(34)23-19-12-14(2)4-11-20(19)36-25(23)29-24(31)15-7-9-18(10-8-15)30-26(32)21-16-5-6-17(13-16)22(21)27(30)33/h5-10,14,16-17,21-22H,3-4,11-13H2,1-2H3,(H,29,31)/t14-,16-,17-,21-,22+/m0/s1. The summed E-state index contributed by atoms with van der Waals surface area (Å²) in [6.45, 7) is 4.20. The fourth-order valence-corrected chi connectivity index (χ4v) is 7.59. The number of esters is 1.